The molecule has 0 amide bonds. The predicted octanol–water partition coefficient (Wildman–Crippen LogP) is 12.6. The second-order valence-corrected chi connectivity index (χ2v) is 11.4. The van der Waals surface area contributed by atoms with Gasteiger partial charge in [-0.3, -0.25) is 0 Å². The fourth-order valence-corrected chi connectivity index (χ4v) is 5.99. The Bertz CT molecular complexity index is 4420. The summed E-state index contributed by atoms with van der Waals surface area (Å²) in [5, 5.41) is 0. The van der Waals surface area contributed by atoms with E-state index in [1.165, 1.54) is 0 Å². The van der Waals surface area contributed by atoms with Crippen molar-refractivity contribution in [1.82, 2.24) is 15.0 Å². The van der Waals surface area contributed by atoms with E-state index in [2.05, 4.69) is 15.0 Å². The van der Waals surface area contributed by atoms with E-state index >= 15 is 0 Å². The normalized spacial score (nSPS) is 21.2. The first-order valence-electron chi connectivity index (χ1n) is 32.9. The molecule has 0 saturated carbocycles. The SMILES string of the molecule is [2H]c1cc(-c2nc(-c3c([2H])c([2H])c(-c4c([2H])c([2H])c([2H])c([2H])c4[2H])c([2H])c3[2H])nc(-c3c([2H])c([2H])c(-c4c([2H])c([2H])c([2H])c([2H])c4[2H])c([2H])c3[2H])n2)c([2H])c([2H])c1C1(c2c([2H])c([2H])c([2H])c([2H])c2[2H])c2c([2H])c([2H])c([2H])c([2H])c2-c2c([2H])c([2H])c([2H])c([2H])c21. The van der Waals surface area contributed by atoms with E-state index in [9.17, 15) is 17.8 Å². The minimum Gasteiger partial charge on any atom is -0.208 e. The number of aromatic nitrogens is 3. The highest BCUT2D eigenvalue weighted by atomic mass is 15.0. The molecule has 0 bridgehead atoms. The molecule has 0 atom stereocenters. The molecule has 258 valence electrons. The Hall–Kier alpha value is -7.23. The number of nitrogens with zero attached hydrogens (tertiary/aromatic N) is 3. The lowest BCUT2D eigenvalue weighted by molar-refractivity contribution is 0.768. The van der Waals surface area contributed by atoms with Crippen molar-refractivity contribution >= 4 is 0 Å². The fourth-order valence-electron chi connectivity index (χ4n) is 5.99. The Labute approximate surface area is 369 Å². The van der Waals surface area contributed by atoms with Crippen molar-refractivity contribution in [3.8, 4) is 67.5 Å². The monoisotopic (exact) mass is 735 g/mol. The Kier molecular flexibility index (Phi) is 3.14. The van der Waals surface area contributed by atoms with Crippen LogP contribution in [-0.4, -0.2) is 15.0 Å². The second kappa shape index (κ2) is 13.6. The Balaban J connectivity index is 1.37. The average Bonchev–Trinajstić information content (AvgIpc) is 1.53. The molecular formula is C52H35N3. The van der Waals surface area contributed by atoms with Crippen LogP contribution in [0.3, 0.4) is 0 Å². The molecule has 1 aliphatic rings. The Morgan fingerprint density at radius 2 is 0.636 bits per heavy atom. The molecule has 0 unspecified atom stereocenters. The van der Waals surface area contributed by atoms with Gasteiger partial charge in [-0.1, -0.05) is 212 Å². The van der Waals surface area contributed by atoms with Crippen molar-refractivity contribution in [3.63, 3.8) is 0 Å². The van der Waals surface area contributed by atoms with Gasteiger partial charge in [0.1, 0.15) is 0 Å². The molecule has 0 aliphatic heterocycles. The Morgan fingerprint density at radius 3 is 1.13 bits per heavy atom. The lowest BCUT2D eigenvalue weighted by Crippen LogP contribution is -2.28. The van der Waals surface area contributed by atoms with E-state index in [0.717, 1.165) is 0 Å². The van der Waals surface area contributed by atoms with Crippen LogP contribution in [0.1, 0.15) is 68.9 Å². The summed E-state index contributed by atoms with van der Waals surface area (Å²) in [5.41, 5.74) is -14.1. The number of rotatable bonds is 7. The molecule has 8 aromatic carbocycles. The van der Waals surface area contributed by atoms with Crippen LogP contribution in [0.25, 0.3) is 67.5 Å². The number of benzene rings is 8. The van der Waals surface area contributed by atoms with Gasteiger partial charge >= 0.3 is 0 Å². The van der Waals surface area contributed by atoms with Crippen molar-refractivity contribution in [2.24, 2.45) is 0 Å². The van der Waals surface area contributed by atoms with Crippen LogP contribution >= 0.6 is 0 Å². The predicted molar refractivity (Wildman–Crippen MR) is 224 cm³/mol. The van der Waals surface area contributed by atoms with Crippen LogP contribution in [0.2, 0.25) is 0 Å². The molecule has 0 spiro atoms. The maximum Gasteiger partial charge on any atom is 0.164 e. The lowest BCUT2D eigenvalue weighted by atomic mass is 9.67. The topological polar surface area (TPSA) is 38.7 Å². The van der Waals surface area contributed by atoms with E-state index in [1.54, 1.807) is 0 Å². The van der Waals surface area contributed by atoms with Gasteiger partial charge in [-0.05, 0) is 55.6 Å². The van der Waals surface area contributed by atoms with Gasteiger partial charge < -0.3 is 0 Å². The highest BCUT2D eigenvalue weighted by Crippen LogP contribution is 2.56. The first-order chi connectivity index (χ1) is 41.4. The minimum atomic E-state index is -3.17. The summed E-state index contributed by atoms with van der Waals surface area (Å²) in [6, 6.07) is -34.5. The third-order valence-corrected chi connectivity index (χ3v) is 8.38. The fraction of sp³-hybridized carbons (Fsp3) is 0.0192. The van der Waals surface area contributed by atoms with Gasteiger partial charge in [0.2, 0.25) is 0 Å². The zero-order chi connectivity index (χ0) is 66.2. The molecule has 1 aromatic heterocycles. The smallest absolute Gasteiger partial charge is 0.164 e. The number of hydrogen-bond acceptors (Lipinski definition) is 3. The molecule has 0 saturated heterocycles. The van der Waals surface area contributed by atoms with Crippen molar-refractivity contribution in [3.05, 3.63) is 234 Å². The van der Waals surface area contributed by atoms with Gasteiger partial charge in [-0.15, -0.1) is 0 Å². The van der Waals surface area contributed by atoms with E-state index in [0.29, 0.717) is 6.07 Å². The summed E-state index contributed by atoms with van der Waals surface area (Å²) in [6.07, 6.45) is 0. The van der Waals surface area contributed by atoms with E-state index in [1.807, 2.05) is 0 Å². The zero-order valence-corrected chi connectivity index (χ0v) is 27.4. The van der Waals surface area contributed by atoms with E-state index in [-0.39, 0.29) is 0 Å². The highest BCUT2D eigenvalue weighted by Gasteiger charge is 2.45. The summed E-state index contributed by atoms with van der Waals surface area (Å²) < 4.78 is 304. The molecule has 3 nitrogen and oxygen atoms in total. The van der Waals surface area contributed by atoms with Crippen LogP contribution in [0.15, 0.2) is 212 Å². The summed E-state index contributed by atoms with van der Waals surface area (Å²) in [6.45, 7) is 0. The van der Waals surface area contributed by atoms with E-state index < -0.39 is 301 Å². The maximum absolute atomic E-state index is 9.96. The molecule has 1 heterocycles. The summed E-state index contributed by atoms with van der Waals surface area (Å²) in [4.78, 5) is 13.0. The van der Waals surface area contributed by atoms with Crippen LogP contribution < -0.4 is 0 Å². The Morgan fingerprint density at radius 1 is 0.291 bits per heavy atom. The van der Waals surface area contributed by atoms with Gasteiger partial charge in [0, 0.05) is 16.7 Å². The van der Waals surface area contributed by atoms with Crippen LogP contribution in [0.5, 0.6) is 0 Å². The van der Waals surface area contributed by atoms with E-state index in [4.69, 9.17) is 28.8 Å². The third-order valence-electron chi connectivity index (χ3n) is 8.38. The lowest BCUT2D eigenvalue weighted by Gasteiger charge is -2.34. The highest BCUT2D eigenvalue weighted by molar-refractivity contribution is 5.86. The molecule has 1 aliphatic carbocycles. The van der Waals surface area contributed by atoms with Crippen molar-refractivity contribution in [2.75, 3.05) is 0 Å². The van der Waals surface area contributed by atoms with Crippen molar-refractivity contribution < 1.29 is 46.6 Å². The standard InChI is InChI=1S/C52H35N3/c1-4-14-36(15-5-1)38-24-28-40(29-25-38)49-53-50(41-30-26-39(27-31-41)37-16-6-2-7-17-37)55-51(54-49)42-32-34-44(35-33-42)52(43-18-8-3-9-19-43)47-22-12-10-20-45(47)46-21-11-13-23-48(46)52/h1-35H/i1D,2D,3D,4D,5D,6D,7D,8D,9D,10D,11D,12D,13D,14D,15D,16D,17D,18D,19D,20D,21D,22D,23D,24D,25D,26D,27D,28D,29D,30D,31D,32D,34D,35D. The van der Waals surface area contributed by atoms with Gasteiger partial charge in [0.15, 0.2) is 17.5 Å². The molecule has 55 heavy (non-hydrogen) atoms. The second-order valence-electron chi connectivity index (χ2n) is 11.4. The van der Waals surface area contributed by atoms with Crippen molar-refractivity contribution in [1.29, 1.82) is 0 Å². The molecule has 3 heteroatoms. The molecule has 0 N–H and O–H groups in total. The van der Waals surface area contributed by atoms with Gasteiger partial charge in [-0.25, -0.2) is 15.0 Å². The summed E-state index contributed by atoms with van der Waals surface area (Å²) in [5.74, 6) is -2.96. The molecule has 9 aromatic rings. The largest absolute Gasteiger partial charge is 0.208 e. The van der Waals surface area contributed by atoms with Crippen LogP contribution in [0.4, 0.5) is 0 Å². The van der Waals surface area contributed by atoms with Crippen LogP contribution in [-0.2, 0) is 5.41 Å². The first kappa shape index (κ1) is 12.7. The molecule has 0 fully saturated rings. The van der Waals surface area contributed by atoms with Gasteiger partial charge in [0.05, 0.1) is 52.0 Å². The summed E-state index contributed by atoms with van der Waals surface area (Å²) in [7, 11) is 0. The minimum absolute atomic E-state index is 0.678. The molecule has 10 rings (SSSR count). The number of fused-ring (bicyclic) bond motifs is 3. The van der Waals surface area contributed by atoms with Gasteiger partial charge in [-0.2, -0.15) is 0 Å². The first-order valence-corrected chi connectivity index (χ1v) is 15.9. The van der Waals surface area contributed by atoms with Crippen LogP contribution in [0, 0.1) is 0 Å². The zero-order valence-electron chi connectivity index (χ0n) is 61.4. The molecular weight excluding hydrogens is 667 g/mol. The third kappa shape index (κ3) is 5.65. The summed E-state index contributed by atoms with van der Waals surface area (Å²) >= 11 is 0. The molecule has 0 radical (unpaired) electrons. The average molecular weight is 736 g/mol. The van der Waals surface area contributed by atoms with Gasteiger partial charge in [0.25, 0.3) is 0 Å². The number of hydrogen-bond donors (Lipinski definition) is 0. The quantitative estimate of drug-likeness (QED) is 0.164. The maximum atomic E-state index is 9.96. The van der Waals surface area contributed by atoms with Crippen molar-refractivity contribution in [2.45, 2.75) is 5.41 Å².